The summed E-state index contributed by atoms with van der Waals surface area (Å²) in [6, 6.07) is 14.5. The summed E-state index contributed by atoms with van der Waals surface area (Å²) in [5.74, 6) is 2.38. The Kier molecular flexibility index (Phi) is 6.02. The lowest BCUT2D eigenvalue weighted by Gasteiger charge is -2.07. The van der Waals surface area contributed by atoms with Gasteiger partial charge in [0.25, 0.3) is 0 Å². The van der Waals surface area contributed by atoms with Gasteiger partial charge < -0.3 is 4.74 Å². The van der Waals surface area contributed by atoms with E-state index < -0.39 is 11.9 Å². The molecule has 0 saturated heterocycles. The molecule has 3 rings (SSSR count). The van der Waals surface area contributed by atoms with Crippen LogP contribution >= 0.6 is 0 Å². The minimum absolute atomic E-state index is 0.0734. The Morgan fingerprint density at radius 3 is 2.15 bits per heavy atom. The Morgan fingerprint density at radius 1 is 1.12 bits per heavy atom. The number of aromatic nitrogens is 3. The lowest BCUT2D eigenvalue weighted by Crippen LogP contribution is -2.06. The number of pyridine rings is 1. The zero-order valence-electron chi connectivity index (χ0n) is 14.2. The first kappa shape index (κ1) is 19.1. The van der Waals surface area contributed by atoms with Gasteiger partial charge in [0.1, 0.15) is 0 Å². The van der Waals surface area contributed by atoms with E-state index in [1.165, 1.54) is 13.2 Å². The molecule has 1 aromatic carbocycles. The first-order valence-electron chi connectivity index (χ1n) is 7.54. The van der Waals surface area contributed by atoms with Crippen molar-refractivity contribution in [3.63, 3.8) is 0 Å². The highest BCUT2D eigenvalue weighted by molar-refractivity contribution is 5.47. The summed E-state index contributed by atoms with van der Waals surface area (Å²) in [6.07, 6.45) is 2.28. The maximum Gasteiger partial charge on any atom is 0.435 e. The number of benzene rings is 1. The quantitative estimate of drug-likeness (QED) is 0.628. The lowest BCUT2D eigenvalue weighted by molar-refractivity contribution is -0.141. The van der Waals surface area contributed by atoms with Crippen LogP contribution in [0.3, 0.4) is 0 Å². The van der Waals surface area contributed by atoms with Gasteiger partial charge in [-0.2, -0.15) is 18.3 Å². The minimum atomic E-state index is -4.53. The number of hydrogen-bond acceptors (Lipinski definition) is 3. The predicted molar refractivity (Wildman–Crippen MR) is 91.6 cm³/mol. The van der Waals surface area contributed by atoms with E-state index in [2.05, 4.69) is 16.0 Å². The second-order valence-electron chi connectivity index (χ2n) is 5.20. The van der Waals surface area contributed by atoms with Gasteiger partial charge in [-0.15, -0.1) is 6.42 Å². The van der Waals surface area contributed by atoms with Crippen molar-refractivity contribution in [2.45, 2.75) is 13.1 Å². The number of alkyl halides is 3. The second-order valence-corrected chi connectivity index (χ2v) is 5.20. The number of halogens is 3. The van der Waals surface area contributed by atoms with Crippen LogP contribution in [0.1, 0.15) is 16.8 Å². The van der Waals surface area contributed by atoms with Crippen LogP contribution in [0.4, 0.5) is 13.2 Å². The number of ether oxygens (including phenoxy) is 1. The summed E-state index contributed by atoms with van der Waals surface area (Å²) in [5, 5.41) is 3.34. The van der Waals surface area contributed by atoms with E-state index in [0.717, 1.165) is 16.3 Å². The van der Waals surface area contributed by atoms with Crippen LogP contribution in [0.5, 0.6) is 11.8 Å². The molecule has 0 spiro atoms. The van der Waals surface area contributed by atoms with Crippen LogP contribution in [-0.2, 0) is 13.2 Å². The zero-order valence-corrected chi connectivity index (χ0v) is 14.2. The predicted octanol–water partition coefficient (Wildman–Crippen LogP) is 4.60. The van der Waals surface area contributed by atoms with Gasteiger partial charge in [-0.05, 0) is 18.6 Å². The molecule has 0 fully saturated rings. The largest absolute Gasteiger partial charge is 0.435 e. The van der Waals surface area contributed by atoms with Gasteiger partial charge in [-0.25, -0.2) is 9.67 Å². The van der Waals surface area contributed by atoms with Gasteiger partial charge in [0.05, 0.1) is 5.56 Å². The van der Waals surface area contributed by atoms with Crippen LogP contribution in [0.2, 0.25) is 0 Å². The van der Waals surface area contributed by atoms with Crippen molar-refractivity contribution >= 4 is 0 Å². The first-order chi connectivity index (χ1) is 12.3. The van der Waals surface area contributed by atoms with E-state index in [1.807, 2.05) is 36.4 Å². The molecule has 0 saturated carbocycles. The smallest absolute Gasteiger partial charge is 0.420 e. The van der Waals surface area contributed by atoms with E-state index in [-0.39, 0.29) is 11.8 Å². The average molecular weight is 359 g/mol. The summed E-state index contributed by atoms with van der Waals surface area (Å²) in [4.78, 5) is 3.93. The Labute approximate surface area is 149 Å². The molecule has 2 aromatic heterocycles. The SMILES string of the molecule is C#Cc1c(C)ccnc1Oc1cc(C(F)(F)F)nn1C.c1ccccc1. The summed E-state index contributed by atoms with van der Waals surface area (Å²) in [7, 11) is 1.34. The summed E-state index contributed by atoms with van der Waals surface area (Å²) in [6.45, 7) is 1.76. The Balaban J connectivity index is 0.000000342. The molecule has 0 radical (unpaired) electrons. The molecule has 134 valence electrons. The van der Waals surface area contributed by atoms with Crippen molar-refractivity contribution in [1.82, 2.24) is 14.8 Å². The molecule has 0 N–H and O–H groups in total. The normalized spacial score (nSPS) is 10.5. The number of rotatable bonds is 2. The van der Waals surface area contributed by atoms with Crippen LogP contribution in [-0.4, -0.2) is 14.8 Å². The van der Waals surface area contributed by atoms with Crippen LogP contribution in [0, 0.1) is 19.3 Å². The molecule has 3 aromatic rings. The van der Waals surface area contributed by atoms with E-state index in [0.29, 0.717) is 5.56 Å². The molecular formula is C19H16F3N3O. The molecule has 7 heteroatoms. The summed E-state index contributed by atoms with van der Waals surface area (Å²) in [5.41, 5.74) is 0.0999. The van der Waals surface area contributed by atoms with Crippen molar-refractivity contribution in [1.29, 1.82) is 0 Å². The molecule has 0 atom stereocenters. The molecule has 0 aliphatic rings. The van der Waals surface area contributed by atoms with Crippen LogP contribution in [0.15, 0.2) is 54.7 Å². The molecule has 0 unspecified atom stereocenters. The number of aryl methyl sites for hydroxylation is 2. The highest BCUT2D eigenvalue weighted by Crippen LogP contribution is 2.32. The number of terminal acetylenes is 1. The molecule has 26 heavy (non-hydrogen) atoms. The van der Waals surface area contributed by atoms with Gasteiger partial charge in [-0.1, -0.05) is 42.3 Å². The molecule has 0 amide bonds. The third-order valence-corrected chi connectivity index (χ3v) is 3.26. The van der Waals surface area contributed by atoms with Crippen molar-refractivity contribution in [3.05, 3.63) is 71.5 Å². The third-order valence-electron chi connectivity index (χ3n) is 3.26. The molecule has 0 aliphatic heterocycles. The van der Waals surface area contributed by atoms with E-state index in [4.69, 9.17) is 11.2 Å². The number of nitrogens with zero attached hydrogens (tertiary/aromatic N) is 3. The highest BCUT2D eigenvalue weighted by atomic mass is 19.4. The van der Waals surface area contributed by atoms with E-state index >= 15 is 0 Å². The van der Waals surface area contributed by atoms with Crippen molar-refractivity contribution in [2.24, 2.45) is 7.05 Å². The zero-order chi connectivity index (χ0) is 19.2. The van der Waals surface area contributed by atoms with Crippen molar-refractivity contribution in [2.75, 3.05) is 0 Å². The minimum Gasteiger partial charge on any atom is -0.420 e. The van der Waals surface area contributed by atoms with Crippen molar-refractivity contribution < 1.29 is 17.9 Å². The number of hydrogen-bond donors (Lipinski definition) is 0. The van der Waals surface area contributed by atoms with Gasteiger partial charge in [0, 0.05) is 19.3 Å². The maximum atomic E-state index is 12.6. The van der Waals surface area contributed by atoms with Gasteiger partial charge in [0.15, 0.2) is 5.69 Å². The molecule has 0 aliphatic carbocycles. The summed E-state index contributed by atoms with van der Waals surface area (Å²) >= 11 is 0. The molecular weight excluding hydrogens is 343 g/mol. The topological polar surface area (TPSA) is 39.9 Å². The third kappa shape index (κ3) is 4.86. The standard InChI is InChI=1S/C13H10F3N3O.C6H6/c1-4-9-8(2)5-6-17-12(9)20-11-7-10(13(14,15)16)18-19(11)3;1-2-4-6-5-3-1/h1,5-7H,2-3H3;1-6H. The summed E-state index contributed by atoms with van der Waals surface area (Å²) < 4.78 is 44.0. The Hall–Kier alpha value is -3.27. The molecule has 4 nitrogen and oxygen atoms in total. The Morgan fingerprint density at radius 2 is 1.69 bits per heavy atom. The maximum absolute atomic E-state index is 12.6. The van der Waals surface area contributed by atoms with Crippen LogP contribution in [0.25, 0.3) is 0 Å². The average Bonchev–Trinajstić information content (AvgIpc) is 2.98. The second kappa shape index (κ2) is 8.21. The molecule has 2 heterocycles. The fourth-order valence-corrected chi connectivity index (χ4v) is 1.95. The monoisotopic (exact) mass is 359 g/mol. The first-order valence-corrected chi connectivity index (χ1v) is 7.54. The van der Waals surface area contributed by atoms with Crippen molar-refractivity contribution in [3.8, 4) is 24.1 Å². The van der Waals surface area contributed by atoms with Gasteiger partial charge >= 0.3 is 6.18 Å². The van der Waals surface area contributed by atoms with Gasteiger partial charge in [0.2, 0.25) is 11.8 Å². The molecule has 0 bridgehead atoms. The highest BCUT2D eigenvalue weighted by Gasteiger charge is 2.35. The Bertz CT molecular complexity index is 870. The van der Waals surface area contributed by atoms with Crippen LogP contribution < -0.4 is 4.74 Å². The lowest BCUT2D eigenvalue weighted by atomic mass is 10.1. The van der Waals surface area contributed by atoms with E-state index in [1.54, 1.807) is 13.0 Å². The fraction of sp³-hybridized carbons (Fsp3) is 0.158. The van der Waals surface area contributed by atoms with Gasteiger partial charge in [-0.3, -0.25) is 0 Å². The fourth-order valence-electron chi connectivity index (χ4n) is 1.95. The van der Waals surface area contributed by atoms with E-state index in [9.17, 15) is 13.2 Å².